The summed E-state index contributed by atoms with van der Waals surface area (Å²) in [6.07, 6.45) is 4.40. The molecule has 0 fully saturated rings. The molecule has 2 aromatic heterocycles. The van der Waals surface area contributed by atoms with E-state index in [1.54, 1.807) is 12.1 Å². The van der Waals surface area contributed by atoms with Crippen LogP contribution in [0.15, 0.2) is 41.4 Å². The van der Waals surface area contributed by atoms with Crippen LogP contribution in [-0.2, 0) is 6.42 Å². The highest BCUT2D eigenvalue weighted by Crippen LogP contribution is 2.34. The average molecular weight is 427 g/mol. The monoisotopic (exact) mass is 426 g/mol. The first kappa shape index (κ1) is 22.2. The standard InChI is InChI=1S/C24H30N2O3S/c1-5-9-19-21(12-11-18(17(4)27)23(19)28)29-14-8-15-30-24-20-10-6-7-13-26(20)25-22(24)16(2)3/h6-7,10-13,16,28H,5,8-9,14-15H2,1-4H3. The molecule has 160 valence electrons. The zero-order chi connectivity index (χ0) is 21.7. The Balaban J connectivity index is 1.64. The molecule has 1 N–H and O–H groups in total. The van der Waals surface area contributed by atoms with Crippen LogP contribution in [0.4, 0.5) is 0 Å². The number of aromatic nitrogens is 2. The number of carbonyl (C=O) groups excluding carboxylic acids is 1. The second kappa shape index (κ2) is 10.0. The highest BCUT2D eigenvalue weighted by molar-refractivity contribution is 7.99. The Morgan fingerprint density at radius 1 is 1.27 bits per heavy atom. The number of phenols is 1. The van der Waals surface area contributed by atoms with Gasteiger partial charge in [-0.15, -0.1) is 11.8 Å². The molecule has 0 spiro atoms. The summed E-state index contributed by atoms with van der Waals surface area (Å²) in [5, 5.41) is 15.2. The van der Waals surface area contributed by atoms with E-state index in [0.717, 1.165) is 35.4 Å². The molecule has 6 heteroatoms. The summed E-state index contributed by atoms with van der Waals surface area (Å²) >= 11 is 1.81. The number of benzene rings is 1. The maximum absolute atomic E-state index is 11.7. The minimum Gasteiger partial charge on any atom is -0.507 e. The van der Waals surface area contributed by atoms with Crippen molar-refractivity contribution in [3.63, 3.8) is 0 Å². The minimum atomic E-state index is -0.137. The fourth-order valence-electron chi connectivity index (χ4n) is 3.46. The van der Waals surface area contributed by atoms with Gasteiger partial charge in [-0.25, -0.2) is 4.52 Å². The van der Waals surface area contributed by atoms with Gasteiger partial charge in [-0.1, -0.05) is 33.3 Å². The van der Waals surface area contributed by atoms with E-state index in [4.69, 9.17) is 9.84 Å². The lowest BCUT2D eigenvalue weighted by Crippen LogP contribution is -2.04. The zero-order valence-electron chi connectivity index (χ0n) is 18.1. The van der Waals surface area contributed by atoms with Crippen LogP contribution in [-0.4, -0.2) is 32.9 Å². The SMILES string of the molecule is CCCc1c(OCCCSc2c(C(C)C)nn3ccccc23)ccc(C(C)=O)c1O. The van der Waals surface area contributed by atoms with Gasteiger partial charge in [0.2, 0.25) is 0 Å². The summed E-state index contributed by atoms with van der Waals surface area (Å²) in [6, 6.07) is 9.59. The van der Waals surface area contributed by atoms with E-state index in [1.165, 1.54) is 11.8 Å². The number of hydrogen-bond donors (Lipinski definition) is 1. The quantitative estimate of drug-likeness (QED) is 0.249. The number of phenolic OH excluding ortho intramolecular Hbond substituents is 1. The molecule has 0 amide bonds. The Labute approximate surface area is 182 Å². The van der Waals surface area contributed by atoms with Gasteiger partial charge in [-0.05, 0) is 49.9 Å². The van der Waals surface area contributed by atoms with Crippen molar-refractivity contribution in [1.82, 2.24) is 9.61 Å². The predicted molar refractivity (Wildman–Crippen MR) is 122 cm³/mol. The van der Waals surface area contributed by atoms with Gasteiger partial charge < -0.3 is 9.84 Å². The molecular formula is C24H30N2O3S. The number of Topliss-reactive ketones (excluding diaryl/α,β-unsaturated/α-hetero) is 1. The average Bonchev–Trinajstić information content (AvgIpc) is 3.09. The van der Waals surface area contributed by atoms with Crippen molar-refractivity contribution in [3.05, 3.63) is 53.3 Å². The van der Waals surface area contributed by atoms with Gasteiger partial charge in [0, 0.05) is 17.5 Å². The lowest BCUT2D eigenvalue weighted by atomic mass is 10.0. The molecule has 0 unspecified atom stereocenters. The molecule has 0 bridgehead atoms. The lowest BCUT2D eigenvalue weighted by Gasteiger charge is -2.14. The van der Waals surface area contributed by atoms with Gasteiger partial charge in [0.1, 0.15) is 11.5 Å². The van der Waals surface area contributed by atoms with Crippen LogP contribution in [0.5, 0.6) is 11.5 Å². The van der Waals surface area contributed by atoms with Crippen LogP contribution in [0.2, 0.25) is 0 Å². The molecule has 2 heterocycles. The normalized spacial score (nSPS) is 11.4. The van der Waals surface area contributed by atoms with Crippen molar-refractivity contribution in [2.75, 3.05) is 12.4 Å². The molecule has 3 rings (SSSR count). The molecule has 0 aliphatic heterocycles. The van der Waals surface area contributed by atoms with Crippen molar-refractivity contribution in [1.29, 1.82) is 0 Å². The summed E-state index contributed by atoms with van der Waals surface area (Å²) in [6.45, 7) is 8.40. The number of aromatic hydroxyl groups is 1. The maximum atomic E-state index is 11.7. The van der Waals surface area contributed by atoms with Crippen LogP contribution in [0.25, 0.3) is 5.52 Å². The molecule has 1 aromatic carbocycles. The van der Waals surface area contributed by atoms with Crippen LogP contribution in [0.3, 0.4) is 0 Å². The van der Waals surface area contributed by atoms with Crippen LogP contribution in [0.1, 0.15) is 68.1 Å². The first-order chi connectivity index (χ1) is 14.4. The van der Waals surface area contributed by atoms with Gasteiger partial charge in [0.05, 0.1) is 28.3 Å². The second-order valence-corrected chi connectivity index (χ2v) is 8.80. The van der Waals surface area contributed by atoms with Gasteiger partial charge in [-0.2, -0.15) is 5.10 Å². The predicted octanol–water partition coefficient (Wildman–Crippen LogP) is 5.88. The van der Waals surface area contributed by atoms with Gasteiger partial charge in [-0.3, -0.25) is 4.79 Å². The Hall–Kier alpha value is -2.47. The molecule has 0 saturated carbocycles. The van der Waals surface area contributed by atoms with Gasteiger partial charge >= 0.3 is 0 Å². The Kier molecular flexibility index (Phi) is 7.43. The number of rotatable bonds is 10. The van der Waals surface area contributed by atoms with Crippen molar-refractivity contribution in [2.45, 2.75) is 57.8 Å². The van der Waals surface area contributed by atoms with Crippen molar-refractivity contribution in [3.8, 4) is 11.5 Å². The lowest BCUT2D eigenvalue weighted by molar-refractivity contribution is 0.101. The fourth-order valence-corrected chi connectivity index (χ4v) is 4.66. The van der Waals surface area contributed by atoms with Gasteiger partial charge in [0.15, 0.2) is 5.78 Å². The Morgan fingerprint density at radius 3 is 2.77 bits per heavy atom. The number of thioether (sulfide) groups is 1. The first-order valence-electron chi connectivity index (χ1n) is 10.5. The molecule has 0 saturated heterocycles. The van der Waals surface area contributed by atoms with Crippen molar-refractivity contribution >= 4 is 23.1 Å². The number of nitrogens with zero attached hydrogens (tertiary/aromatic N) is 2. The maximum Gasteiger partial charge on any atom is 0.163 e. The molecule has 30 heavy (non-hydrogen) atoms. The minimum absolute atomic E-state index is 0.0594. The summed E-state index contributed by atoms with van der Waals surface area (Å²) in [4.78, 5) is 12.9. The largest absolute Gasteiger partial charge is 0.507 e. The molecule has 0 aliphatic carbocycles. The number of hydrogen-bond acceptors (Lipinski definition) is 5. The van der Waals surface area contributed by atoms with E-state index < -0.39 is 0 Å². The molecular weight excluding hydrogens is 396 g/mol. The first-order valence-corrected chi connectivity index (χ1v) is 11.5. The summed E-state index contributed by atoms with van der Waals surface area (Å²) < 4.78 is 7.93. The van der Waals surface area contributed by atoms with Crippen LogP contribution < -0.4 is 4.74 Å². The summed E-state index contributed by atoms with van der Waals surface area (Å²) in [5.74, 6) is 1.87. The van der Waals surface area contributed by atoms with Gasteiger partial charge in [0.25, 0.3) is 0 Å². The molecule has 0 radical (unpaired) electrons. The van der Waals surface area contributed by atoms with Crippen molar-refractivity contribution < 1.29 is 14.6 Å². The highest BCUT2D eigenvalue weighted by atomic mass is 32.2. The van der Waals surface area contributed by atoms with Crippen molar-refractivity contribution in [2.24, 2.45) is 0 Å². The van der Waals surface area contributed by atoms with E-state index in [9.17, 15) is 9.90 Å². The van der Waals surface area contributed by atoms with E-state index in [0.29, 0.717) is 30.3 Å². The third-order valence-corrected chi connectivity index (χ3v) is 6.18. The number of pyridine rings is 1. The fraction of sp³-hybridized carbons (Fsp3) is 0.417. The van der Waals surface area contributed by atoms with Crippen LogP contribution >= 0.6 is 11.8 Å². The molecule has 3 aromatic rings. The summed E-state index contributed by atoms with van der Waals surface area (Å²) in [7, 11) is 0. The second-order valence-electron chi connectivity index (χ2n) is 7.69. The number of ether oxygens (including phenoxy) is 1. The number of carbonyl (C=O) groups is 1. The molecule has 5 nitrogen and oxygen atoms in total. The topological polar surface area (TPSA) is 63.8 Å². The highest BCUT2D eigenvalue weighted by Gasteiger charge is 2.17. The number of ketones is 1. The van der Waals surface area contributed by atoms with E-state index >= 15 is 0 Å². The van der Waals surface area contributed by atoms with E-state index in [-0.39, 0.29) is 11.5 Å². The molecule has 0 atom stereocenters. The summed E-state index contributed by atoms with van der Waals surface area (Å²) in [5.41, 5.74) is 3.35. The Bertz CT molecular complexity index is 1030. The third kappa shape index (κ3) is 4.81. The van der Waals surface area contributed by atoms with E-state index in [1.807, 2.05) is 41.5 Å². The molecule has 0 aliphatic rings. The van der Waals surface area contributed by atoms with E-state index in [2.05, 4.69) is 19.9 Å². The smallest absolute Gasteiger partial charge is 0.163 e. The number of fused-ring (bicyclic) bond motifs is 1. The Morgan fingerprint density at radius 2 is 2.07 bits per heavy atom. The third-order valence-electron chi connectivity index (χ3n) is 4.98. The zero-order valence-corrected chi connectivity index (χ0v) is 19.0. The van der Waals surface area contributed by atoms with Crippen LogP contribution in [0, 0.1) is 0 Å².